The first-order valence-electron chi connectivity index (χ1n) is 8.10. The number of rotatable bonds is 4. The molecule has 3 rings (SSSR count). The van der Waals surface area contributed by atoms with Crippen LogP contribution >= 0.6 is 11.6 Å². The van der Waals surface area contributed by atoms with Crippen molar-refractivity contribution in [2.24, 2.45) is 0 Å². The summed E-state index contributed by atoms with van der Waals surface area (Å²) < 4.78 is 5.41. The number of anilines is 2. The first kappa shape index (κ1) is 16.8. The predicted octanol–water partition coefficient (Wildman–Crippen LogP) is 4.21. The number of hydrogen-bond acceptors (Lipinski definition) is 3. The summed E-state index contributed by atoms with van der Waals surface area (Å²) in [6, 6.07) is 14.9. The Labute approximate surface area is 147 Å². The monoisotopic (exact) mass is 344 g/mol. The largest absolute Gasteiger partial charge is 0.381 e. The molecule has 5 heteroatoms. The molecule has 0 aliphatic carbocycles. The number of piperidine rings is 1. The SMILES string of the molecule is COC1CCN(c2ccc(NC(=O)c3cccc(Cl)c3)cc2)CC1. The van der Waals surface area contributed by atoms with E-state index >= 15 is 0 Å². The lowest BCUT2D eigenvalue weighted by molar-refractivity contribution is 0.0819. The molecule has 2 aromatic rings. The third kappa shape index (κ3) is 4.08. The van der Waals surface area contributed by atoms with Crippen LogP contribution in [-0.4, -0.2) is 32.2 Å². The van der Waals surface area contributed by atoms with Gasteiger partial charge in [-0.05, 0) is 55.3 Å². The van der Waals surface area contributed by atoms with Gasteiger partial charge in [-0.1, -0.05) is 17.7 Å². The van der Waals surface area contributed by atoms with Crippen molar-refractivity contribution in [3.8, 4) is 0 Å². The van der Waals surface area contributed by atoms with Crippen LogP contribution < -0.4 is 10.2 Å². The molecule has 0 atom stereocenters. The van der Waals surface area contributed by atoms with Crippen molar-refractivity contribution >= 4 is 28.9 Å². The third-order valence-electron chi connectivity index (χ3n) is 4.35. The van der Waals surface area contributed by atoms with Crippen LogP contribution in [0.4, 0.5) is 11.4 Å². The van der Waals surface area contributed by atoms with E-state index in [1.165, 1.54) is 5.69 Å². The standard InChI is InChI=1S/C19H21ClN2O2/c1-24-18-9-11-22(12-10-18)17-7-5-16(6-8-17)21-19(23)14-3-2-4-15(20)13-14/h2-8,13,18H,9-12H2,1H3,(H,21,23). The predicted molar refractivity (Wildman–Crippen MR) is 98.1 cm³/mol. The van der Waals surface area contributed by atoms with E-state index in [1.807, 2.05) is 24.3 Å². The van der Waals surface area contributed by atoms with E-state index in [4.69, 9.17) is 16.3 Å². The van der Waals surface area contributed by atoms with Crippen LogP contribution in [0.3, 0.4) is 0 Å². The summed E-state index contributed by atoms with van der Waals surface area (Å²) in [7, 11) is 1.78. The molecule has 1 heterocycles. The van der Waals surface area contributed by atoms with Crippen molar-refractivity contribution in [3.63, 3.8) is 0 Å². The molecule has 0 bridgehead atoms. The van der Waals surface area contributed by atoms with Crippen LogP contribution in [0.2, 0.25) is 5.02 Å². The molecular weight excluding hydrogens is 324 g/mol. The minimum Gasteiger partial charge on any atom is -0.381 e. The molecule has 2 aromatic carbocycles. The van der Waals surface area contributed by atoms with Gasteiger partial charge in [-0.15, -0.1) is 0 Å². The number of amides is 1. The smallest absolute Gasteiger partial charge is 0.255 e. The Hall–Kier alpha value is -2.04. The molecule has 1 aliphatic heterocycles. The molecule has 0 radical (unpaired) electrons. The topological polar surface area (TPSA) is 41.6 Å². The fraction of sp³-hybridized carbons (Fsp3) is 0.316. The summed E-state index contributed by atoms with van der Waals surface area (Å²) in [5.74, 6) is -0.161. The van der Waals surface area contributed by atoms with E-state index < -0.39 is 0 Å². The highest BCUT2D eigenvalue weighted by Crippen LogP contribution is 2.23. The molecule has 126 valence electrons. The number of hydrogen-bond donors (Lipinski definition) is 1. The summed E-state index contributed by atoms with van der Waals surface area (Å²) in [5, 5.41) is 3.45. The zero-order valence-corrected chi connectivity index (χ0v) is 14.4. The van der Waals surface area contributed by atoms with Crippen LogP contribution in [0.1, 0.15) is 23.2 Å². The summed E-state index contributed by atoms with van der Waals surface area (Å²) in [4.78, 5) is 14.6. The molecule has 0 spiro atoms. The Balaban J connectivity index is 1.61. The number of nitrogens with one attached hydrogen (secondary N) is 1. The highest BCUT2D eigenvalue weighted by molar-refractivity contribution is 6.31. The normalized spacial score (nSPS) is 15.3. The highest BCUT2D eigenvalue weighted by Gasteiger charge is 2.18. The van der Waals surface area contributed by atoms with Crippen molar-refractivity contribution in [2.45, 2.75) is 18.9 Å². The van der Waals surface area contributed by atoms with Crippen LogP contribution in [0.5, 0.6) is 0 Å². The van der Waals surface area contributed by atoms with Crippen molar-refractivity contribution in [2.75, 3.05) is 30.4 Å². The van der Waals surface area contributed by atoms with E-state index in [1.54, 1.807) is 31.4 Å². The highest BCUT2D eigenvalue weighted by atomic mass is 35.5. The number of carbonyl (C=O) groups excluding carboxylic acids is 1. The summed E-state index contributed by atoms with van der Waals surface area (Å²) in [5.41, 5.74) is 2.49. The fourth-order valence-electron chi connectivity index (χ4n) is 2.94. The maximum Gasteiger partial charge on any atom is 0.255 e. The first-order valence-corrected chi connectivity index (χ1v) is 8.48. The van der Waals surface area contributed by atoms with Gasteiger partial charge >= 0.3 is 0 Å². The van der Waals surface area contributed by atoms with Gasteiger partial charge in [-0.25, -0.2) is 0 Å². The van der Waals surface area contributed by atoms with E-state index in [0.29, 0.717) is 16.7 Å². The van der Waals surface area contributed by atoms with Gasteiger partial charge in [0.2, 0.25) is 0 Å². The van der Waals surface area contributed by atoms with Crippen molar-refractivity contribution in [1.82, 2.24) is 0 Å². The number of halogens is 1. The lowest BCUT2D eigenvalue weighted by Crippen LogP contribution is -2.36. The average Bonchev–Trinajstić information content (AvgIpc) is 2.62. The van der Waals surface area contributed by atoms with Crippen molar-refractivity contribution < 1.29 is 9.53 Å². The minimum atomic E-state index is -0.161. The van der Waals surface area contributed by atoms with Gasteiger partial charge in [0.15, 0.2) is 0 Å². The van der Waals surface area contributed by atoms with Crippen molar-refractivity contribution in [3.05, 3.63) is 59.1 Å². The van der Waals surface area contributed by atoms with E-state index in [9.17, 15) is 4.79 Å². The molecule has 0 aromatic heterocycles. The second-order valence-electron chi connectivity index (χ2n) is 5.93. The molecule has 1 saturated heterocycles. The molecular formula is C19H21ClN2O2. The van der Waals surface area contributed by atoms with E-state index in [2.05, 4.69) is 10.2 Å². The molecule has 1 amide bonds. The zero-order chi connectivity index (χ0) is 16.9. The van der Waals surface area contributed by atoms with Gasteiger partial charge in [0.25, 0.3) is 5.91 Å². The Morgan fingerprint density at radius 2 is 1.88 bits per heavy atom. The number of carbonyl (C=O) groups is 1. The van der Waals surface area contributed by atoms with E-state index in [-0.39, 0.29) is 5.91 Å². The summed E-state index contributed by atoms with van der Waals surface area (Å²) >= 11 is 5.92. The lowest BCUT2D eigenvalue weighted by atomic mass is 10.1. The molecule has 0 unspecified atom stereocenters. The lowest BCUT2D eigenvalue weighted by Gasteiger charge is -2.33. The van der Waals surface area contributed by atoms with Crippen LogP contribution in [0.25, 0.3) is 0 Å². The maximum atomic E-state index is 12.2. The molecule has 1 fully saturated rings. The Kier molecular flexibility index (Phi) is 5.38. The molecule has 1 aliphatic rings. The van der Waals surface area contributed by atoms with Gasteiger partial charge in [0.1, 0.15) is 0 Å². The maximum absolute atomic E-state index is 12.2. The van der Waals surface area contributed by atoms with Gasteiger partial charge in [0.05, 0.1) is 6.10 Å². The quantitative estimate of drug-likeness (QED) is 0.903. The second-order valence-corrected chi connectivity index (χ2v) is 6.37. The molecule has 0 saturated carbocycles. The van der Waals surface area contributed by atoms with E-state index in [0.717, 1.165) is 31.6 Å². The number of benzene rings is 2. The van der Waals surface area contributed by atoms with Crippen molar-refractivity contribution in [1.29, 1.82) is 0 Å². The van der Waals surface area contributed by atoms with Crippen LogP contribution in [0, 0.1) is 0 Å². The fourth-order valence-corrected chi connectivity index (χ4v) is 3.13. The van der Waals surface area contributed by atoms with Crippen LogP contribution in [-0.2, 0) is 4.74 Å². The van der Waals surface area contributed by atoms with Crippen LogP contribution in [0.15, 0.2) is 48.5 Å². The van der Waals surface area contributed by atoms with Gasteiger partial charge in [0, 0.05) is 42.2 Å². The molecule has 1 N–H and O–H groups in total. The number of ether oxygens (including phenoxy) is 1. The molecule has 24 heavy (non-hydrogen) atoms. The van der Waals surface area contributed by atoms with Gasteiger partial charge < -0.3 is 15.0 Å². The summed E-state index contributed by atoms with van der Waals surface area (Å²) in [6.45, 7) is 1.99. The zero-order valence-electron chi connectivity index (χ0n) is 13.7. The Morgan fingerprint density at radius 1 is 1.17 bits per heavy atom. The minimum absolute atomic E-state index is 0.161. The Morgan fingerprint density at radius 3 is 2.50 bits per heavy atom. The first-order chi connectivity index (χ1) is 11.7. The summed E-state index contributed by atoms with van der Waals surface area (Å²) in [6.07, 6.45) is 2.46. The number of methoxy groups -OCH3 is 1. The van der Waals surface area contributed by atoms with Gasteiger partial charge in [-0.2, -0.15) is 0 Å². The molecule has 4 nitrogen and oxygen atoms in total. The number of nitrogens with zero attached hydrogens (tertiary/aromatic N) is 1. The average molecular weight is 345 g/mol. The third-order valence-corrected chi connectivity index (χ3v) is 4.59. The van der Waals surface area contributed by atoms with Gasteiger partial charge in [-0.3, -0.25) is 4.79 Å². The second kappa shape index (κ2) is 7.69. The Bertz CT molecular complexity index is 695.